The van der Waals surface area contributed by atoms with E-state index in [1.54, 1.807) is 6.07 Å². The van der Waals surface area contributed by atoms with Gasteiger partial charge in [-0.2, -0.15) is 0 Å². The molecule has 2 N–H and O–H groups in total. The summed E-state index contributed by atoms with van der Waals surface area (Å²) in [4.78, 5) is 0. The molecule has 0 aromatic heterocycles. The molecule has 0 saturated heterocycles. The summed E-state index contributed by atoms with van der Waals surface area (Å²) < 4.78 is 10.4. The predicted molar refractivity (Wildman–Crippen MR) is 50.4 cm³/mol. The van der Waals surface area contributed by atoms with Crippen molar-refractivity contribution in [3.05, 3.63) is 28.3 Å². The Kier molecular flexibility index (Phi) is 2.88. The molecule has 76 valence electrons. The first-order valence-electron chi connectivity index (χ1n) is 4.20. The van der Waals surface area contributed by atoms with Crippen LogP contribution in [-0.4, -0.2) is 12.0 Å². The molecule has 4 nitrogen and oxygen atoms in total. The maximum atomic E-state index is 8.57. The monoisotopic (exact) mass is 215 g/mol. The summed E-state index contributed by atoms with van der Waals surface area (Å²) in [5.41, 5.74) is 3.79. The summed E-state index contributed by atoms with van der Waals surface area (Å²) in [6.07, 6.45) is 0. The lowest BCUT2D eigenvalue weighted by molar-refractivity contribution is -0.0164. The van der Waals surface area contributed by atoms with E-state index in [0.717, 1.165) is 16.9 Å². The smallest absolute Gasteiger partial charge is 0.189 e. The Hall–Kier alpha value is -0.810. The van der Waals surface area contributed by atoms with Crippen LogP contribution in [0.25, 0.3) is 0 Å². The number of nitrogens with one attached hydrogen (secondary N) is 1. The Morgan fingerprint density at radius 3 is 3.14 bits per heavy atom. The fourth-order valence-electron chi connectivity index (χ4n) is 1.36. The van der Waals surface area contributed by atoms with Gasteiger partial charge in [0.25, 0.3) is 0 Å². The Morgan fingerprint density at radius 2 is 2.36 bits per heavy atom. The third-order valence-electron chi connectivity index (χ3n) is 2.05. The summed E-state index contributed by atoms with van der Waals surface area (Å²) in [6, 6.07) is 3.60. The van der Waals surface area contributed by atoms with Gasteiger partial charge in [-0.1, -0.05) is 11.6 Å². The van der Waals surface area contributed by atoms with E-state index in [2.05, 4.69) is 5.48 Å². The van der Waals surface area contributed by atoms with Crippen molar-refractivity contribution in [1.82, 2.24) is 5.48 Å². The van der Waals surface area contributed by atoms with Gasteiger partial charge in [0, 0.05) is 17.1 Å². The number of rotatable bonds is 2. The van der Waals surface area contributed by atoms with Crippen LogP contribution in [0.5, 0.6) is 5.75 Å². The molecule has 1 aliphatic rings. The molecular weight excluding hydrogens is 206 g/mol. The van der Waals surface area contributed by atoms with E-state index in [1.807, 2.05) is 6.07 Å². The minimum Gasteiger partial charge on any atom is -0.467 e. The van der Waals surface area contributed by atoms with Gasteiger partial charge in [-0.05, 0) is 17.7 Å². The van der Waals surface area contributed by atoms with Crippen LogP contribution in [0.3, 0.4) is 0 Å². The minimum absolute atomic E-state index is 0.265. The second-order valence-electron chi connectivity index (χ2n) is 3.00. The number of hydroxylamine groups is 1. The first kappa shape index (κ1) is 9.73. The van der Waals surface area contributed by atoms with Crippen molar-refractivity contribution in [2.24, 2.45) is 0 Å². The van der Waals surface area contributed by atoms with Crippen molar-refractivity contribution in [3.63, 3.8) is 0 Å². The number of hydrogen-bond donors (Lipinski definition) is 2. The van der Waals surface area contributed by atoms with Gasteiger partial charge in [-0.25, -0.2) is 5.48 Å². The highest BCUT2D eigenvalue weighted by molar-refractivity contribution is 6.31. The topological polar surface area (TPSA) is 50.7 Å². The van der Waals surface area contributed by atoms with Crippen LogP contribution in [0.15, 0.2) is 12.1 Å². The summed E-state index contributed by atoms with van der Waals surface area (Å²) >= 11 is 5.98. The molecule has 0 bridgehead atoms. The van der Waals surface area contributed by atoms with Gasteiger partial charge in [-0.15, -0.1) is 0 Å². The maximum absolute atomic E-state index is 8.57. The van der Waals surface area contributed by atoms with E-state index in [4.69, 9.17) is 26.3 Å². The molecule has 5 heteroatoms. The molecule has 0 spiro atoms. The maximum Gasteiger partial charge on any atom is 0.189 e. The molecule has 2 rings (SSSR count). The predicted octanol–water partition coefficient (Wildman–Crippen LogP) is 1.69. The molecule has 1 aromatic rings. The minimum atomic E-state index is 0.265. The fourth-order valence-corrected chi connectivity index (χ4v) is 1.61. The highest BCUT2D eigenvalue weighted by Gasteiger charge is 2.13. The molecule has 0 radical (unpaired) electrons. The van der Waals surface area contributed by atoms with E-state index in [9.17, 15) is 0 Å². The Labute approximate surface area is 86.3 Å². The number of ether oxygens (including phenoxy) is 2. The molecule has 1 aliphatic heterocycles. The molecule has 14 heavy (non-hydrogen) atoms. The van der Waals surface area contributed by atoms with E-state index >= 15 is 0 Å². The summed E-state index contributed by atoms with van der Waals surface area (Å²) in [5, 5.41) is 9.17. The lowest BCUT2D eigenvalue weighted by Gasteiger charge is -2.19. The number of fused-ring (bicyclic) bond motifs is 1. The van der Waals surface area contributed by atoms with Crippen molar-refractivity contribution >= 4 is 11.6 Å². The summed E-state index contributed by atoms with van der Waals surface area (Å²) in [5.74, 6) is 0.769. The third kappa shape index (κ3) is 1.83. The van der Waals surface area contributed by atoms with Crippen molar-refractivity contribution < 1.29 is 14.7 Å². The average Bonchev–Trinajstić information content (AvgIpc) is 2.19. The van der Waals surface area contributed by atoms with E-state index in [0.29, 0.717) is 18.2 Å². The first-order chi connectivity index (χ1) is 6.81. The largest absolute Gasteiger partial charge is 0.467 e. The van der Waals surface area contributed by atoms with Gasteiger partial charge in [0.1, 0.15) is 5.75 Å². The number of halogens is 1. The van der Waals surface area contributed by atoms with Gasteiger partial charge >= 0.3 is 0 Å². The number of hydrogen-bond acceptors (Lipinski definition) is 4. The van der Waals surface area contributed by atoms with Gasteiger partial charge in [0.05, 0.1) is 6.61 Å². The van der Waals surface area contributed by atoms with Crippen LogP contribution in [-0.2, 0) is 17.9 Å². The third-order valence-corrected chi connectivity index (χ3v) is 2.41. The van der Waals surface area contributed by atoms with Crippen LogP contribution in [0.1, 0.15) is 11.1 Å². The van der Waals surface area contributed by atoms with Crippen molar-refractivity contribution in [3.8, 4) is 5.75 Å². The molecule has 0 fully saturated rings. The van der Waals surface area contributed by atoms with Gasteiger partial charge in [0.2, 0.25) is 0 Å². The second-order valence-corrected chi connectivity index (χ2v) is 3.40. The van der Waals surface area contributed by atoms with Crippen molar-refractivity contribution in [1.29, 1.82) is 0 Å². The van der Waals surface area contributed by atoms with E-state index in [-0.39, 0.29) is 6.79 Å². The highest BCUT2D eigenvalue weighted by atomic mass is 35.5. The SMILES string of the molecule is ONCc1cc2c(cc1Cl)COCO2. The molecule has 0 atom stereocenters. The quantitative estimate of drug-likeness (QED) is 0.738. The Bertz CT molecular complexity index is 343. The normalized spacial score (nSPS) is 14.7. The molecule has 0 amide bonds. The summed E-state index contributed by atoms with van der Waals surface area (Å²) in [6.45, 7) is 1.08. The average molecular weight is 216 g/mol. The summed E-state index contributed by atoms with van der Waals surface area (Å²) in [7, 11) is 0. The number of benzene rings is 1. The van der Waals surface area contributed by atoms with Gasteiger partial charge in [0.15, 0.2) is 6.79 Å². The van der Waals surface area contributed by atoms with Crippen LogP contribution in [0.4, 0.5) is 0 Å². The van der Waals surface area contributed by atoms with Crippen LogP contribution < -0.4 is 10.2 Å². The van der Waals surface area contributed by atoms with Crippen molar-refractivity contribution in [2.45, 2.75) is 13.2 Å². The lowest BCUT2D eigenvalue weighted by Crippen LogP contribution is -2.13. The molecular formula is C9H10ClNO3. The molecule has 1 heterocycles. The lowest BCUT2D eigenvalue weighted by atomic mass is 10.1. The van der Waals surface area contributed by atoms with E-state index < -0.39 is 0 Å². The fraction of sp³-hybridized carbons (Fsp3) is 0.333. The first-order valence-corrected chi connectivity index (χ1v) is 4.58. The van der Waals surface area contributed by atoms with Gasteiger partial charge in [-0.3, -0.25) is 0 Å². The Morgan fingerprint density at radius 1 is 1.50 bits per heavy atom. The van der Waals surface area contributed by atoms with Crippen molar-refractivity contribution in [2.75, 3.05) is 6.79 Å². The highest BCUT2D eigenvalue weighted by Crippen LogP contribution is 2.29. The second kappa shape index (κ2) is 4.14. The zero-order valence-corrected chi connectivity index (χ0v) is 8.17. The van der Waals surface area contributed by atoms with Crippen LogP contribution >= 0.6 is 11.6 Å². The molecule has 0 unspecified atom stereocenters. The van der Waals surface area contributed by atoms with Gasteiger partial charge < -0.3 is 14.7 Å². The molecule has 0 aliphatic carbocycles. The van der Waals surface area contributed by atoms with Crippen LogP contribution in [0.2, 0.25) is 5.02 Å². The van der Waals surface area contributed by atoms with Crippen LogP contribution in [0, 0.1) is 0 Å². The molecule has 0 saturated carbocycles. The van der Waals surface area contributed by atoms with E-state index in [1.165, 1.54) is 0 Å². The standard InChI is InChI=1S/C9H10ClNO3/c10-8-1-7-4-13-5-14-9(7)2-6(8)3-11-12/h1-2,11-12H,3-5H2. The zero-order chi connectivity index (χ0) is 9.97. The zero-order valence-electron chi connectivity index (χ0n) is 7.42. The molecule has 1 aromatic carbocycles. The Balaban J connectivity index is 2.35.